The SMILES string of the molecule is CC(C)[C@@H](CO)Nc1cc(C(F)(F)F)nc(N)n1. The molecule has 0 aromatic carbocycles. The molecule has 18 heavy (non-hydrogen) atoms. The van der Waals surface area contributed by atoms with Gasteiger partial charge in [0, 0.05) is 6.07 Å². The highest BCUT2D eigenvalue weighted by molar-refractivity contribution is 5.42. The van der Waals surface area contributed by atoms with Gasteiger partial charge in [-0.2, -0.15) is 18.2 Å². The zero-order valence-corrected chi connectivity index (χ0v) is 9.99. The number of anilines is 2. The first-order valence-corrected chi connectivity index (χ1v) is 5.33. The van der Waals surface area contributed by atoms with E-state index in [4.69, 9.17) is 10.8 Å². The lowest BCUT2D eigenvalue weighted by Crippen LogP contribution is -2.30. The lowest BCUT2D eigenvalue weighted by molar-refractivity contribution is -0.141. The van der Waals surface area contributed by atoms with Crippen LogP contribution < -0.4 is 11.1 Å². The van der Waals surface area contributed by atoms with Gasteiger partial charge in [0.05, 0.1) is 12.6 Å². The van der Waals surface area contributed by atoms with Crippen LogP contribution in [0.15, 0.2) is 6.07 Å². The first-order valence-electron chi connectivity index (χ1n) is 5.33. The number of nitrogens with one attached hydrogen (secondary N) is 1. The van der Waals surface area contributed by atoms with Gasteiger partial charge in [-0.05, 0) is 5.92 Å². The Bertz CT molecular complexity index is 409. The minimum atomic E-state index is -4.58. The molecule has 0 amide bonds. The van der Waals surface area contributed by atoms with Crippen LogP contribution in [0.4, 0.5) is 24.9 Å². The van der Waals surface area contributed by atoms with E-state index in [0.717, 1.165) is 6.07 Å². The van der Waals surface area contributed by atoms with Crippen molar-refractivity contribution in [2.75, 3.05) is 17.7 Å². The summed E-state index contributed by atoms with van der Waals surface area (Å²) < 4.78 is 37.5. The highest BCUT2D eigenvalue weighted by Crippen LogP contribution is 2.29. The van der Waals surface area contributed by atoms with E-state index >= 15 is 0 Å². The molecule has 0 saturated heterocycles. The molecule has 1 aromatic rings. The number of aliphatic hydroxyl groups excluding tert-OH is 1. The second-order valence-electron chi connectivity index (χ2n) is 4.17. The lowest BCUT2D eigenvalue weighted by Gasteiger charge is -2.21. The minimum Gasteiger partial charge on any atom is -0.394 e. The molecule has 0 unspecified atom stereocenters. The van der Waals surface area contributed by atoms with Gasteiger partial charge in [0.25, 0.3) is 0 Å². The number of hydrogen-bond donors (Lipinski definition) is 3. The Morgan fingerprint density at radius 3 is 2.44 bits per heavy atom. The van der Waals surface area contributed by atoms with E-state index in [9.17, 15) is 13.2 Å². The van der Waals surface area contributed by atoms with Crippen LogP contribution in [0.3, 0.4) is 0 Å². The standard InChI is InChI=1S/C10H15F3N4O/c1-5(2)6(4-18)15-8-3-7(10(11,12)13)16-9(14)17-8/h3,5-6,18H,4H2,1-2H3,(H3,14,15,16,17)/t6-/m1/s1. The zero-order chi connectivity index (χ0) is 13.9. The molecule has 4 N–H and O–H groups in total. The molecule has 1 atom stereocenters. The molecule has 102 valence electrons. The smallest absolute Gasteiger partial charge is 0.394 e. The highest BCUT2D eigenvalue weighted by Gasteiger charge is 2.33. The van der Waals surface area contributed by atoms with Crippen molar-refractivity contribution in [3.8, 4) is 0 Å². The number of nitrogens with zero attached hydrogens (tertiary/aromatic N) is 2. The molecule has 1 rings (SSSR count). The second-order valence-corrected chi connectivity index (χ2v) is 4.17. The summed E-state index contributed by atoms with van der Waals surface area (Å²) in [6.07, 6.45) is -4.58. The van der Waals surface area contributed by atoms with Crippen molar-refractivity contribution < 1.29 is 18.3 Å². The first-order chi connectivity index (χ1) is 8.24. The van der Waals surface area contributed by atoms with Gasteiger partial charge in [-0.1, -0.05) is 13.8 Å². The van der Waals surface area contributed by atoms with Crippen molar-refractivity contribution in [1.82, 2.24) is 9.97 Å². The summed E-state index contributed by atoms with van der Waals surface area (Å²) >= 11 is 0. The van der Waals surface area contributed by atoms with Crippen molar-refractivity contribution in [2.45, 2.75) is 26.1 Å². The first kappa shape index (κ1) is 14.5. The monoisotopic (exact) mass is 264 g/mol. The quantitative estimate of drug-likeness (QED) is 0.767. The molecular weight excluding hydrogens is 249 g/mol. The predicted octanol–water partition coefficient (Wildman–Crippen LogP) is 1.51. The molecule has 5 nitrogen and oxygen atoms in total. The van der Waals surface area contributed by atoms with Crippen LogP contribution in [0.25, 0.3) is 0 Å². The molecule has 1 aromatic heterocycles. The van der Waals surface area contributed by atoms with E-state index in [1.54, 1.807) is 0 Å². The fourth-order valence-electron chi connectivity index (χ4n) is 1.30. The molecule has 0 spiro atoms. The number of hydrogen-bond acceptors (Lipinski definition) is 5. The van der Waals surface area contributed by atoms with E-state index in [1.807, 2.05) is 13.8 Å². The average Bonchev–Trinajstić information content (AvgIpc) is 2.23. The Morgan fingerprint density at radius 2 is 2.00 bits per heavy atom. The Morgan fingerprint density at radius 1 is 1.39 bits per heavy atom. The molecular formula is C10H15F3N4O. The molecule has 0 radical (unpaired) electrons. The summed E-state index contributed by atoms with van der Waals surface area (Å²) in [6, 6.07) is 0.363. The molecule has 0 aliphatic heterocycles. The average molecular weight is 264 g/mol. The molecule has 1 heterocycles. The van der Waals surface area contributed by atoms with E-state index < -0.39 is 23.9 Å². The third kappa shape index (κ3) is 3.73. The predicted molar refractivity (Wildman–Crippen MR) is 60.8 cm³/mol. The number of nitrogen functional groups attached to an aromatic ring is 1. The van der Waals surface area contributed by atoms with E-state index in [-0.39, 0.29) is 18.3 Å². The van der Waals surface area contributed by atoms with Crippen molar-refractivity contribution in [2.24, 2.45) is 5.92 Å². The lowest BCUT2D eigenvalue weighted by atomic mass is 10.1. The topological polar surface area (TPSA) is 84.1 Å². The van der Waals surface area contributed by atoms with E-state index in [0.29, 0.717) is 0 Å². The highest BCUT2D eigenvalue weighted by atomic mass is 19.4. The summed E-state index contributed by atoms with van der Waals surface area (Å²) in [5.74, 6) is -0.490. The molecule has 8 heteroatoms. The van der Waals surface area contributed by atoms with Gasteiger partial charge in [-0.25, -0.2) is 4.98 Å². The summed E-state index contributed by atoms with van der Waals surface area (Å²) in [6.45, 7) is 3.43. The molecule has 0 aliphatic carbocycles. The number of alkyl halides is 3. The van der Waals surface area contributed by atoms with Crippen molar-refractivity contribution >= 4 is 11.8 Å². The van der Waals surface area contributed by atoms with Crippen molar-refractivity contribution in [3.05, 3.63) is 11.8 Å². The second kappa shape index (κ2) is 5.38. The van der Waals surface area contributed by atoms with Crippen molar-refractivity contribution in [3.63, 3.8) is 0 Å². The van der Waals surface area contributed by atoms with Crippen LogP contribution in [0.2, 0.25) is 0 Å². The summed E-state index contributed by atoms with van der Waals surface area (Å²) in [7, 11) is 0. The van der Waals surface area contributed by atoms with Crippen LogP contribution >= 0.6 is 0 Å². The zero-order valence-electron chi connectivity index (χ0n) is 9.99. The number of aromatic nitrogens is 2. The molecule has 0 fully saturated rings. The molecule has 0 bridgehead atoms. The normalized spacial score (nSPS) is 13.7. The Labute approximate surface area is 102 Å². The number of nitrogens with two attached hydrogens (primary N) is 1. The molecule has 0 aliphatic rings. The fourth-order valence-corrected chi connectivity index (χ4v) is 1.30. The fraction of sp³-hybridized carbons (Fsp3) is 0.600. The van der Waals surface area contributed by atoms with Crippen molar-refractivity contribution in [1.29, 1.82) is 0 Å². The number of rotatable bonds is 4. The van der Waals surface area contributed by atoms with Gasteiger partial charge in [0.15, 0.2) is 5.69 Å². The van der Waals surface area contributed by atoms with Gasteiger partial charge >= 0.3 is 6.18 Å². The van der Waals surface area contributed by atoms with Gasteiger partial charge in [-0.15, -0.1) is 0 Å². The van der Waals surface area contributed by atoms with Crippen LogP contribution in [0, 0.1) is 5.92 Å². The van der Waals surface area contributed by atoms with Crippen LogP contribution in [-0.4, -0.2) is 27.7 Å². The van der Waals surface area contributed by atoms with Crippen LogP contribution in [-0.2, 0) is 6.18 Å². The maximum atomic E-state index is 12.5. The Kier molecular flexibility index (Phi) is 4.33. The Balaban J connectivity index is 3.00. The largest absolute Gasteiger partial charge is 0.433 e. The van der Waals surface area contributed by atoms with E-state index in [2.05, 4.69) is 15.3 Å². The maximum Gasteiger partial charge on any atom is 0.433 e. The van der Waals surface area contributed by atoms with Crippen LogP contribution in [0.1, 0.15) is 19.5 Å². The third-order valence-corrected chi connectivity index (χ3v) is 2.37. The minimum absolute atomic E-state index is 0.0283. The van der Waals surface area contributed by atoms with Gasteiger partial charge < -0.3 is 16.2 Å². The number of aliphatic hydroxyl groups is 1. The summed E-state index contributed by atoms with van der Waals surface area (Å²) in [4.78, 5) is 6.78. The molecule has 0 saturated carbocycles. The summed E-state index contributed by atoms with van der Waals surface area (Å²) in [5, 5.41) is 11.8. The Hall–Kier alpha value is -1.57. The summed E-state index contributed by atoms with van der Waals surface area (Å²) in [5.41, 5.74) is 4.11. The van der Waals surface area contributed by atoms with E-state index in [1.165, 1.54) is 0 Å². The number of halogens is 3. The van der Waals surface area contributed by atoms with Gasteiger partial charge in [-0.3, -0.25) is 0 Å². The van der Waals surface area contributed by atoms with Gasteiger partial charge in [0.2, 0.25) is 5.95 Å². The van der Waals surface area contributed by atoms with Crippen LogP contribution in [0.5, 0.6) is 0 Å². The van der Waals surface area contributed by atoms with Gasteiger partial charge in [0.1, 0.15) is 5.82 Å². The third-order valence-electron chi connectivity index (χ3n) is 2.37. The maximum absolute atomic E-state index is 12.5.